The van der Waals surface area contributed by atoms with E-state index in [0.29, 0.717) is 12.6 Å². The van der Waals surface area contributed by atoms with Gasteiger partial charge in [-0.15, -0.1) is 0 Å². The van der Waals surface area contributed by atoms with Crippen molar-refractivity contribution in [2.24, 2.45) is 5.92 Å². The van der Waals surface area contributed by atoms with Crippen molar-refractivity contribution in [1.82, 2.24) is 5.32 Å². The molecule has 5 heteroatoms. The van der Waals surface area contributed by atoms with Crippen molar-refractivity contribution in [3.8, 4) is 0 Å². The molecular formula is C14H19FN2O2. The molecule has 2 atom stereocenters. The molecule has 1 fully saturated rings. The van der Waals surface area contributed by atoms with Gasteiger partial charge in [-0.05, 0) is 30.4 Å². The standard InChI is InChI=1S/C14H19FN2O2/c1-10-3-2-4-12(7-10)16-9-11-5-6-14(17(18)19)13(15)8-11/h5-6,8,10,12,16H,2-4,7,9H2,1H3. The van der Waals surface area contributed by atoms with Crippen LogP contribution in [-0.4, -0.2) is 11.0 Å². The van der Waals surface area contributed by atoms with Gasteiger partial charge in [0, 0.05) is 18.7 Å². The van der Waals surface area contributed by atoms with Crippen LogP contribution in [0.15, 0.2) is 18.2 Å². The van der Waals surface area contributed by atoms with Crippen molar-refractivity contribution in [2.75, 3.05) is 0 Å². The highest BCUT2D eigenvalue weighted by Crippen LogP contribution is 2.24. The van der Waals surface area contributed by atoms with Crippen LogP contribution in [0.2, 0.25) is 0 Å². The summed E-state index contributed by atoms with van der Waals surface area (Å²) in [7, 11) is 0. The molecule has 2 rings (SSSR count). The Labute approximate surface area is 112 Å². The summed E-state index contributed by atoms with van der Waals surface area (Å²) in [4.78, 5) is 9.83. The normalized spacial score (nSPS) is 23.3. The van der Waals surface area contributed by atoms with Crippen molar-refractivity contribution in [1.29, 1.82) is 0 Å². The van der Waals surface area contributed by atoms with Crippen LogP contribution in [0.3, 0.4) is 0 Å². The van der Waals surface area contributed by atoms with Gasteiger partial charge >= 0.3 is 5.69 Å². The molecule has 2 unspecified atom stereocenters. The molecule has 19 heavy (non-hydrogen) atoms. The van der Waals surface area contributed by atoms with Crippen molar-refractivity contribution >= 4 is 5.69 Å². The minimum absolute atomic E-state index is 0.463. The highest BCUT2D eigenvalue weighted by Gasteiger charge is 2.19. The largest absolute Gasteiger partial charge is 0.310 e. The van der Waals surface area contributed by atoms with E-state index in [2.05, 4.69) is 12.2 Å². The fourth-order valence-electron chi connectivity index (χ4n) is 2.69. The highest BCUT2D eigenvalue weighted by molar-refractivity contribution is 5.34. The maximum atomic E-state index is 13.5. The maximum absolute atomic E-state index is 13.5. The van der Waals surface area contributed by atoms with E-state index in [4.69, 9.17) is 0 Å². The molecule has 0 aromatic heterocycles. The molecule has 1 N–H and O–H groups in total. The molecule has 0 bridgehead atoms. The predicted octanol–water partition coefficient (Wildman–Crippen LogP) is 3.40. The Morgan fingerprint density at radius 1 is 1.47 bits per heavy atom. The van der Waals surface area contributed by atoms with E-state index >= 15 is 0 Å². The van der Waals surface area contributed by atoms with Crippen LogP contribution in [0, 0.1) is 21.8 Å². The quantitative estimate of drug-likeness (QED) is 0.671. The third kappa shape index (κ3) is 3.73. The summed E-state index contributed by atoms with van der Waals surface area (Å²) in [5.74, 6) is -0.0267. The SMILES string of the molecule is CC1CCCC(NCc2ccc([N+](=O)[O-])c(F)c2)C1. The number of nitro benzene ring substituents is 1. The number of halogens is 1. The zero-order valence-corrected chi connectivity index (χ0v) is 11.1. The van der Waals surface area contributed by atoms with Crippen LogP contribution in [0.1, 0.15) is 38.2 Å². The van der Waals surface area contributed by atoms with Gasteiger partial charge < -0.3 is 5.32 Å². The maximum Gasteiger partial charge on any atom is 0.304 e. The molecule has 4 nitrogen and oxygen atoms in total. The van der Waals surface area contributed by atoms with Crippen molar-refractivity contribution in [3.05, 3.63) is 39.7 Å². The molecule has 0 radical (unpaired) electrons. The number of nitro groups is 1. The average molecular weight is 266 g/mol. The lowest BCUT2D eigenvalue weighted by atomic mass is 9.87. The van der Waals surface area contributed by atoms with Crippen LogP contribution in [-0.2, 0) is 6.54 Å². The first kappa shape index (κ1) is 13.9. The second kappa shape index (κ2) is 6.10. The Bertz CT molecular complexity index is 465. The Kier molecular flexibility index (Phi) is 4.47. The van der Waals surface area contributed by atoms with Crippen molar-refractivity contribution in [2.45, 2.75) is 45.2 Å². The summed E-state index contributed by atoms with van der Waals surface area (Å²) in [5.41, 5.74) is 0.288. The van der Waals surface area contributed by atoms with Gasteiger partial charge in [0.1, 0.15) is 0 Å². The minimum atomic E-state index is -0.763. The first-order chi connectivity index (χ1) is 9.06. The Morgan fingerprint density at radius 3 is 2.89 bits per heavy atom. The zero-order valence-electron chi connectivity index (χ0n) is 11.1. The summed E-state index contributed by atoms with van der Waals surface area (Å²) in [5, 5.41) is 13.9. The van der Waals surface area contributed by atoms with E-state index in [-0.39, 0.29) is 0 Å². The lowest BCUT2D eigenvalue weighted by Crippen LogP contribution is -2.33. The summed E-state index contributed by atoms with van der Waals surface area (Å²) < 4.78 is 13.5. The van der Waals surface area contributed by atoms with Crippen LogP contribution < -0.4 is 5.32 Å². The smallest absolute Gasteiger partial charge is 0.304 e. The molecule has 104 valence electrons. The number of rotatable bonds is 4. The number of nitrogens with zero attached hydrogens (tertiary/aromatic N) is 1. The summed E-state index contributed by atoms with van der Waals surface area (Å²) >= 11 is 0. The van der Waals surface area contributed by atoms with Gasteiger partial charge in [-0.25, -0.2) is 0 Å². The highest BCUT2D eigenvalue weighted by atomic mass is 19.1. The molecule has 0 aliphatic heterocycles. The zero-order chi connectivity index (χ0) is 13.8. The second-order valence-corrected chi connectivity index (χ2v) is 5.39. The molecule has 1 aliphatic rings. The number of benzene rings is 1. The van der Waals surface area contributed by atoms with Gasteiger partial charge in [-0.3, -0.25) is 10.1 Å². The second-order valence-electron chi connectivity index (χ2n) is 5.39. The third-order valence-corrected chi connectivity index (χ3v) is 3.74. The molecule has 1 aromatic rings. The van der Waals surface area contributed by atoms with Crippen molar-refractivity contribution < 1.29 is 9.31 Å². The molecular weight excluding hydrogens is 247 g/mol. The molecule has 0 amide bonds. The van der Waals surface area contributed by atoms with Crippen molar-refractivity contribution in [3.63, 3.8) is 0 Å². The van der Waals surface area contributed by atoms with Gasteiger partial charge in [0.15, 0.2) is 0 Å². The van der Waals surface area contributed by atoms with Gasteiger partial charge in [0.25, 0.3) is 0 Å². The summed E-state index contributed by atoms with van der Waals surface area (Å²) in [6, 6.07) is 4.57. The van der Waals surface area contributed by atoms with E-state index in [0.717, 1.165) is 24.3 Å². The molecule has 1 aromatic carbocycles. The summed E-state index contributed by atoms with van der Waals surface area (Å²) in [6.07, 6.45) is 4.81. The molecule has 1 aliphatic carbocycles. The lowest BCUT2D eigenvalue weighted by molar-refractivity contribution is -0.387. The fourth-order valence-corrected chi connectivity index (χ4v) is 2.69. The lowest BCUT2D eigenvalue weighted by Gasteiger charge is -2.27. The molecule has 1 saturated carbocycles. The van der Waals surface area contributed by atoms with Crippen LogP contribution in [0.5, 0.6) is 0 Å². The first-order valence-corrected chi connectivity index (χ1v) is 6.72. The molecule has 0 saturated heterocycles. The predicted molar refractivity (Wildman–Crippen MR) is 71.3 cm³/mol. The van der Waals surface area contributed by atoms with Gasteiger partial charge in [0.05, 0.1) is 4.92 Å². The fraction of sp³-hybridized carbons (Fsp3) is 0.571. The van der Waals surface area contributed by atoms with Gasteiger partial charge in [-0.1, -0.05) is 25.8 Å². The van der Waals surface area contributed by atoms with E-state index in [1.807, 2.05) is 0 Å². The monoisotopic (exact) mass is 266 g/mol. The average Bonchev–Trinajstić information content (AvgIpc) is 2.36. The number of hydrogen-bond donors (Lipinski definition) is 1. The molecule has 0 spiro atoms. The Hall–Kier alpha value is -1.49. The topological polar surface area (TPSA) is 55.2 Å². The first-order valence-electron chi connectivity index (χ1n) is 6.72. The van der Waals surface area contributed by atoms with E-state index in [9.17, 15) is 14.5 Å². The van der Waals surface area contributed by atoms with Gasteiger partial charge in [0.2, 0.25) is 5.82 Å². The molecule has 0 heterocycles. The van der Waals surface area contributed by atoms with Crippen LogP contribution in [0.25, 0.3) is 0 Å². The van der Waals surface area contributed by atoms with E-state index < -0.39 is 16.4 Å². The summed E-state index contributed by atoms with van der Waals surface area (Å²) in [6.45, 7) is 2.81. The Balaban J connectivity index is 1.92. The van der Waals surface area contributed by atoms with Gasteiger partial charge in [-0.2, -0.15) is 4.39 Å². The number of hydrogen-bond acceptors (Lipinski definition) is 3. The van der Waals surface area contributed by atoms with Crippen LogP contribution in [0.4, 0.5) is 10.1 Å². The third-order valence-electron chi connectivity index (χ3n) is 3.74. The van der Waals surface area contributed by atoms with E-state index in [1.165, 1.54) is 25.0 Å². The number of nitrogens with one attached hydrogen (secondary N) is 1. The van der Waals surface area contributed by atoms with Crippen LogP contribution >= 0.6 is 0 Å². The van der Waals surface area contributed by atoms with E-state index in [1.54, 1.807) is 6.07 Å². The minimum Gasteiger partial charge on any atom is -0.310 e. The Morgan fingerprint density at radius 2 is 2.26 bits per heavy atom.